The Bertz CT molecular complexity index is 187. The SMILES string of the molecule is O=C([O][Al])C(O)C(O)C(O)C(O)CO. The Morgan fingerprint density at radius 2 is 1.71 bits per heavy atom. The number of aliphatic hydroxyl groups excluding tert-OH is 5. The number of carbonyl (C=O) groups excluding carboxylic acids is 1. The van der Waals surface area contributed by atoms with Gasteiger partial charge in [-0.25, -0.2) is 0 Å². The van der Waals surface area contributed by atoms with E-state index in [-0.39, 0.29) is 0 Å². The summed E-state index contributed by atoms with van der Waals surface area (Å²) < 4.78 is 4.01. The Balaban J connectivity index is 4.30. The molecule has 4 atom stereocenters. The fourth-order valence-corrected chi connectivity index (χ4v) is 0.871. The lowest BCUT2D eigenvalue weighted by Gasteiger charge is -2.24. The molecule has 4 unspecified atom stereocenters. The van der Waals surface area contributed by atoms with Crippen LogP contribution >= 0.6 is 0 Å². The van der Waals surface area contributed by atoms with Gasteiger partial charge in [-0.1, -0.05) is 0 Å². The van der Waals surface area contributed by atoms with Crippen LogP contribution < -0.4 is 0 Å². The van der Waals surface area contributed by atoms with Crippen LogP contribution in [0.4, 0.5) is 0 Å². The first kappa shape index (κ1) is 13.8. The first-order valence-electron chi connectivity index (χ1n) is 3.69. The molecule has 2 radical (unpaired) electrons. The summed E-state index contributed by atoms with van der Waals surface area (Å²) in [6.45, 7) is -0.805. The van der Waals surface area contributed by atoms with Crippen LogP contribution in [0.5, 0.6) is 0 Å². The zero-order valence-electron chi connectivity index (χ0n) is 7.15. The van der Waals surface area contributed by atoms with Crippen molar-refractivity contribution in [3.63, 3.8) is 0 Å². The lowest BCUT2D eigenvalue weighted by Crippen LogP contribution is -2.49. The molecule has 0 aliphatic carbocycles. The number of hydrogen-bond acceptors (Lipinski definition) is 7. The van der Waals surface area contributed by atoms with Gasteiger partial charge in [-0.3, -0.25) is 4.79 Å². The maximum absolute atomic E-state index is 10.7. The van der Waals surface area contributed by atoms with Crippen LogP contribution in [0.25, 0.3) is 0 Å². The molecular weight excluding hydrogens is 211 g/mol. The minimum absolute atomic E-state index is 0.805. The van der Waals surface area contributed by atoms with Crippen molar-refractivity contribution < 1.29 is 34.1 Å². The van der Waals surface area contributed by atoms with Crippen molar-refractivity contribution in [2.45, 2.75) is 24.4 Å². The van der Waals surface area contributed by atoms with Crippen LogP contribution in [-0.2, 0) is 8.58 Å². The van der Waals surface area contributed by atoms with Gasteiger partial charge in [-0.05, 0) is 0 Å². The van der Waals surface area contributed by atoms with Crippen molar-refractivity contribution in [2.75, 3.05) is 6.61 Å². The number of rotatable bonds is 5. The van der Waals surface area contributed by atoms with Gasteiger partial charge in [-0.15, -0.1) is 0 Å². The summed E-state index contributed by atoms with van der Waals surface area (Å²) in [5, 5.41) is 44.5. The molecule has 0 amide bonds. The molecule has 80 valence electrons. The first-order chi connectivity index (χ1) is 6.45. The quantitative estimate of drug-likeness (QED) is 0.300. The molecule has 0 aliphatic heterocycles. The summed E-state index contributed by atoms with van der Waals surface area (Å²) in [5.41, 5.74) is 0. The van der Waals surface area contributed by atoms with E-state index in [4.69, 9.17) is 25.5 Å². The molecular formula is C6H11AlO7. The smallest absolute Gasteiger partial charge is 0.484 e. The van der Waals surface area contributed by atoms with E-state index < -0.39 is 37.0 Å². The molecule has 0 rings (SSSR count). The predicted octanol–water partition coefficient (Wildman–Crippen LogP) is -3.95. The third-order valence-electron chi connectivity index (χ3n) is 1.61. The van der Waals surface area contributed by atoms with Crippen molar-refractivity contribution in [1.29, 1.82) is 0 Å². The molecule has 0 heterocycles. The molecule has 0 aromatic heterocycles. The van der Waals surface area contributed by atoms with Crippen molar-refractivity contribution in [2.24, 2.45) is 0 Å². The van der Waals surface area contributed by atoms with Gasteiger partial charge in [0.05, 0.1) is 6.61 Å². The van der Waals surface area contributed by atoms with Crippen molar-refractivity contribution >= 4 is 22.6 Å². The zero-order chi connectivity index (χ0) is 11.3. The number of aliphatic hydroxyl groups is 5. The summed E-state index contributed by atoms with van der Waals surface area (Å²) in [4.78, 5) is 10.7. The van der Waals surface area contributed by atoms with Gasteiger partial charge in [0.15, 0.2) is 6.10 Å². The standard InChI is InChI=1S/C6H12O7.Al/c7-1-2(8)3(9)4(10)5(11)6(12)13;/h2-5,7-11H,1H2,(H,12,13);/q;+1/p-1. The summed E-state index contributed by atoms with van der Waals surface area (Å²) in [6.07, 6.45) is -7.38. The third-order valence-corrected chi connectivity index (χ3v) is 1.84. The minimum atomic E-state index is -1.98. The van der Waals surface area contributed by atoms with E-state index in [0.29, 0.717) is 0 Å². The van der Waals surface area contributed by atoms with Crippen LogP contribution in [0.2, 0.25) is 0 Å². The van der Waals surface area contributed by atoms with E-state index in [9.17, 15) is 4.79 Å². The maximum Gasteiger partial charge on any atom is 0.484 e. The number of hydrogen-bond donors (Lipinski definition) is 5. The molecule has 0 spiro atoms. The van der Waals surface area contributed by atoms with Gasteiger partial charge in [0, 0.05) is 0 Å². The Kier molecular flexibility index (Phi) is 6.23. The summed E-state index contributed by atoms with van der Waals surface area (Å²) in [6, 6.07) is 0. The molecule has 0 saturated carbocycles. The summed E-state index contributed by atoms with van der Waals surface area (Å²) in [7, 11) is 0. The first-order valence-corrected chi connectivity index (χ1v) is 4.16. The van der Waals surface area contributed by atoms with Gasteiger partial charge in [0.1, 0.15) is 18.3 Å². The second-order valence-electron chi connectivity index (χ2n) is 2.61. The van der Waals surface area contributed by atoms with E-state index in [1.54, 1.807) is 16.6 Å². The van der Waals surface area contributed by atoms with Crippen molar-refractivity contribution in [3.8, 4) is 0 Å². The van der Waals surface area contributed by atoms with Gasteiger partial charge in [0.25, 0.3) is 0 Å². The molecule has 14 heavy (non-hydrogen) atoms. The van der Waals surface area contributed by atoms with Gasteiger partial charge in [-0.2, -0.15) is 0 Å². The second kappa shape index (κ2) is 6.32. The Labute approximate surface area is 88.3 Å². The number of carbonyl (C=O) groups is 1. The van der Waals surface area contributed by atoms with E-state index in [1.807, 2.05) is 0 Å². The lowest BCUT2D eigenvalue weighted by atomic mass is 10.0. The van der Waals surface area contributed by atoms with Gasteiger partial charge < -0.3 is 29.3 Å². The largest absolute Gasteiger partial charge is 0.626 e. The van der Waals surface area contributed by atoms with Gasteiger partial charge >= 0.3 is 22.6 Å². The van der Waals surface area contributed by atoms with E-state index >= 15 is 0 Å². The van der Waals surface area contributed by atoms with Gasteiger partial charge in [0.2, 0.25) is 0 Å². The fraction of sp³-hybridized carbons (Fsp3) is 0.833. The van der Waals surface area contributed by atoms with E-state index in [2.05, 4.69) is 3.79 Å². The minimum Gasteiger partial charge on any atom is -0.626 e. The maximum atomic E-state index is 10.7. The van der Waals surface area contributed by atoms with E-state index in [1.165, 1.54) is 0 Å². The highest BCUT2D eigenvalue weighted by Crippen LogP contribution is 2.05. The normalized spacial score (nSPS) is 19.5. The molecule has 0 fully saturated rings. The summed E-state index contributed by atoms with van der Waals surface area (Å²) >= 11 is 1.56. The van der Waals surface area contributed by atoms with Crippen LogP contribution in [0.1, 0.15) is 0 Å². The lowest BCUT2D eigenvalue weighted by molar-refractivity contribution is -0.161. The van der Waals surface area contributed by atoms with Crippen LogP contribution in [0.3, 0.4) is 0 Å². The molecule has 8 heteroatoms. The average molecular weight is 222 g/mol. The van der Waals surface area contributed by atoms with E-state index in [0.717, 1.165) is 0 Å². The Morgan fingerprint density at radius 1 is 1.21 bits per heavy atom. The second-order valence-corrected chi connectivity index (χ2v) is 2.85. The highest BCUT2D eigenvalue weighted by atomic mass is 27.1. The molecule has 0 aromatic carbocycles. The van der Waals surface area contributed by atoms with Crippen LogP contribution in [-0.4, -0.2) is 79.1 Å². The zero-order valence-corrected chi connectivity index (χ0v) is 8.30. The molecule has 0 aliphatic rings. The van der Waals surface area contributed by atoms with Crippen molar-refractivity contribution in [3.05, 3.63) is 0 Å². The third kappa shape index (κ3) is 3.51. The average Bonchev–Trinajstić information content (AvgIpc) is 2.23. The Morgan fingerprint density at radius 3 is 2.07 bits per heavy atom. The Hall–Kier alpha value is -0.198. The summed E-state index contributed by atoms with van der Waals surface area (Å²) in [5.74, 6) is -1.17. The van der Waals surface area contributed by atoms with Crippen molar-refractivity contribution in [1.82, 2.24) is 0 Å². The molecule has 7 nitrogen and oxygen atoms in total. The fourth-order valence-electron chi connectivity index (χ4n) is 0.732. The molecule has 0 aromatic rings. The highest BCUT2D eigenvalue weighted by Gasteiger charge is 2.34. The molecule has 0 saturated heterocycles. The topological polar surface area (TPSA) is 127 Å². The van der Waals surface area contributed by atoms with Crippen LogP contribution in [0.15, 0.2) is 0 Å². The highest BCUT2D eigenvalue weighted by molar-refractivity contribution is 6.06. The monoisotopic (exact) mass is 222 g/mol. The van der Waals surface area contributed by atoms with Crippen LogP contribution in [0, 0.1) is 0 Å². The molecule has 0 bridgehead atoms. The molecule has 5 N–H and O–H groups in total. The predicted molar refractivity (Wildman–Crippen MR) is 43.0 cm³/mol.